The van der Waals surface area contributed by atoms with E-state index in [-0.39, 0.29) is 22.6 Å². The molecule has 2 rings (SSSR count). The van der Waals surface area contributed by atoms with E-state index in [1.807, 2.05) is 0 Å². The molecule has 0 atom stereocenters. The molecule has 0 aromatic heterocycles. The van der Waals surface area contributed by atoms with E-state index in [1.54, 1.807) is 0 Å². The molecule has 0 saturated heterocycles. The number of phenols is 2. The molecule has 2 aromatic carbocycles. The predicted molar refractivity (Wildman–Crippen MR) is 84.8 cm³/mol. The first-order valence-corrected chi connectivity index (χ1v) is 9.15. The van der Waals surface area contributed by atoms with Crippen molar-refractivity contribution < 1.29 is 36.2 Å². The quantitative estimate of drug-likeness (QED) is 0.468. The van der Waals surface area contributed by atoms with Crippen molar-refractivity contribution in [1.29, 1.82) is 0 Å². The second kappa shape index (κ2) is 6.24. The number of benzene rings is 2. The van der Waals surface area contributed by atoms with Crippen molar-refractivity contribution in [3.05, 3.63) is 47.5 Å². The summed E-state index contributed by atoms with van der Waals surface area (Å²) in [6.07, 6.45) is 2.34. The van der Waals surface area contributed by atoms with E-state index >= 15 is 0 Å². The molecular formula is C14H12O8S2. The van der Waals surface area contributed by atoms with Crippen molar-refractivity contribution in [2.24, 2.45) is 0 Å². The first-order chi connectivity index (χ1) is 11.0. The van der Waals surface area contributed by atoms with Crippen molar-refractivity contribution in [1.82, 2.24) is 0 Å². The summed E-state index contributed by atoms with van der Waals surface area (Å²) in [6, 6.07) is 6.40. The molecule has 0 aliphatic carbocycles. The van der Waals surface area contributed by atoms with E-state index in [2.05, 4.69) is 0 Å². The summed E-state index contributed by atoms with van der Waals surface area (Å²) in [7, 11) is -9.25. The zero-order chi connectivity index (χ0) is 18.1. The predicted octanol–water partition coefficient (Wildman–Crippen LogP) is 1.76. The molecule has 0 amide bonds. The molecule has 0 unspecified atom stereocenters. The summed E-state index contributed by atoms with van der Waals surface area (Å²) in [4.78, 5) is -1.16. The molecule has 4 N–H and O–H groups in total. The second-order valence-corrected chi connectivity index (χ2v) is 7.51. The molecule has 0 bridgehead atoms. The Labute approximate surface area is 137 Å². The van der Waals surface area contributed by atoms with Gasteiger partial charge in [-0.15, -0.1) is 0 Å². The van der Waals surface area contributed by atoms with Gasteiger partial charge in [0.25, 0.3) is 20.2 Å². The number of hydrogen-bond donors (Lipinski definition) is 4. The van der Waals surface area contributed by atoms with Crippen LogP contribution in [0.1, 0.15) is 11.1 Å². The van der Waals surface area contributed by atoms with Crippen molar-refractivity contribution in [3.8, 4) is 11.5 Å². The summed E-state index contributed by atoms with van der Waals surface area (Å²) < 4.78 is 63.7. The van der Waals surface area contributed by atoms with E-state index < -0.39 is 30.0 Å². The maximum Gasteiger partial charge on any atom is 0.295 e. The van der Waals surface area contributed by atoms with Gasteiger partial charge in [-0.2, -0.15) is 16.8 Å². The fraction of sp³-hybridized carbons (Fsp3) is 0. The number of phenolic OH excluding ortho intramolecular Hbond substituents is 2. The Kier molecular flexibility index (Phi) is 4.67. The minimum absolute atomic E-state index is 0.0235. The van der Waals surface area contributed by atoms with Crippen molar-refractivity contribution in [3.63, 3.8) is 0 Å². The van der Waals surface area contributed by atoms with Crippen molar-refractivity contribution in [2.75, 3.05) is 0 Å². The highest BCUT2D eigenvalue weighted by Crippen LogP contribution is 2.26. The van der Waals surface area contributed by atoms with Crippen LogP contribution in [0.15, 0.2) is 46.2 Å². The second-order valence-electron chi connectivity index (χ2n) is 4.73. The third-order valence-electron chi connectivity index (χ3n) is 2.99. The SMILES string of the molecule is O=S(=O)(O)c1cc(O)ccc1/C=C/c1ccc(O)cc1S(=O)(=O)O. The number of rotatable bonds is 4. The fourth-order valence-corrected chi connectivity index (χ4v) is 3.36. The zero-order valence-electron chi connectivity index (χ0n) is 11.9. The van der Waals surface area contributed by atoms with Gasteiger partial charge < -0.3 is 10.2 Å². The van der Waals surface area contributed by atoms with Gasteiger partial charge in [0.1, 0.15) is 21.3 Å². The topological polar surface area (TPSA) is 149 Å². The Balaban J connectivity index is 2.59. The molecule has 0 aliphatic heterocycles. The lowest BCUT2D eigenvalue weighted by atomic mass is 10.1. The van der Waals surface area contributed by atoms with Gasteiger partial charge in [-0.1, -0.05) is 12.2 Å². The van der Waals surface area contributed by atoms with Crippen LogP contribution in [0, 0.1) is 0 Å². The molecular weight excluding hydrogens is 360 g/mol. The van der Waals surface area contributed by atoms with E-state index in [4.69, 9.17) is 9.11 Å². The minimum atomic E-state index is -4.62. The van der Waals surface area contributed by atoms with E-state index in [0.29, 0.717) is 0 Å². The highest BCUT2D eigenvalue weighted by Gasteiger charge is 2.17. The van der Waals surface area contributed by atoms with Gasteiger partial charge in [0.2, 0.25) is 0 Å². The maximum atomic E-state index is 11.3. The molecule has 0 aliphatic rings. The highest BCUT2D eigenvalue weighted by molar-refractivity contribution is 7.86. The van der Waals surface area contributed by atoms with Crippen LogP contribution in [0.3, 0.4) is 0 Å². The Bertz CT molecular complexity index is 937. The van der Waals surface area contributed by atoms with Crippen LogP contribution in [0.4, 0.5) is 0 Å². The summed E-state index contributed by atoms with van der Waals surface area (Å²) in [5, 5.41) is 18.7. The standard InChI is InChI=1S/C14H12O8S2/c15-11-5-3-9(13(7-11)23(17,18)19)1-2-10-4-6-12(16)8-14(10)24(20,21)22/h1-8,15-16H,(H,17,18,19)(H,20,21,22)/b2-1+. The van der Waals surface area contributed by atoms with Crippen LogP contribution in [-0.4, -0.2) is 36.2 Å². The van der Waals surface area contributed by atoms with Gasteiger partial charge in [0, 0.05) is 12.1 Å². The van der Waals surface area contributed by atoms with Gasteiger partial charge in [0.15, 0.2) is 0 Å². The van der Waals surface area contributed by atoms with Crippen LogP contribution in [0.25, 0.3) is 12.2 Å². The lowest BCUT2D eigenvalue weighted by Gasteiger charge is -2.05. The highest BCUT2D eigenvalue weighted by atomic mass is 32.2. The van der Waals surface area contributed by atoms with Gasteiger partial charge in [-0.05, 0) is 35.4 Å². The molecule has 2 aromatic rings. The average Bonchev–Trinajstić information content (AvgIpc) is 2.45. The van der Waals surface area contributed by atoms with Crippen LogP contribution in [0.5, 0.6) is 11.5 Å². The summed E-state index contributed by atoms with van der Waals surface area (Å²) in [5.74, 6) is -0.772. The smallest absolute Gasteiger partial charge is 0.295 e. The molecule has 0 fully saturated rings. The van der Waals surface area contributed by atoms with Crippen LogP contribution >= 0.6 is 0 Å². The molecule has 0 heterocycles. The lowest BCUT2D eigenvalue weighted by molar-refractivity contribution is 0.466. The van der Waals surface area contributed by atoms with E-state index in [1.165, 1.54) is 36.4 Å². The van der Waals surface area contributed by atoms with E-state index in [9.17, 15) is 27.0 Å². The minimum Gasteiger partial charge on any atom is -0.508 e. The zero-order valence-corrected chi connectivity index (χ0v) is 13.5. The van der Waals surface area contributed by atoms with Crippen LogP contribution < -0.4 is 0 Å². The van der Waals surface area contributed by atoms with Crippen LogP contribution in [0.2, 0.25) is 0 Å². The van der Waals surface area contributed by atoms with Gasteiger partial charge in [0.05, 0.1) is 0 Å². The van der Waals surface area contributed by atoms with Crippen LogP contribution in [-0.2, 0) is 20.2 Å². The molecule has 0 radical (unpaired) electrons. The molecule has 128 valence electrons. The lowest BCUT2D eigenvalue weighted by Crippen LogP contribution is -2.01. The summed E-state index contributed by atoms with van der Waals surface area (Å²) >= 11 is 0. The molecule has 8 nitrogen and oxygen atoms in total. The Morgan fingerprint density at radius 2 is 1.00 bits per heavy atom. The summed E-state index contributed by atoms with van der Waals surface area (Å²) in [5.41, 5.74) is -0.0469. The van der Waals surface area contributed by atoms with Crippen molar-refractivity contribution >= 4 is 32.4 Å². The fourth-order valence-electron chi connectivity index (χ4n) is 1.95. The monoisotopic (exact) mass is 372 g/mol. The van der Waals surface area contributed by atoms with Gasteiger partial charge >= 0.3 is 0 Å². The third kappa shape index (κ3) is 4.11. The largest absolute Gasteiger partial charge is 0.508 e. The number of hydrogen-bond acceptors (Lipinski definition) is 6. The van der Waals surface area contributed by atoms with E-state index in [0.717, 1.165) is 12.1 Å². The average molecular weight is 372 g/mol. The first-order valence-electron chi connectivity index (χ1n) is 6.27. The Morgan fingerprint density at radius 1 is 0.667 bits per heavy atom. The molecule has 10 heteroatoms. The maximum absolute atomic E-state index is 11.3. The molecule has 0 spiro atoms. The van der Waals surface area contributed by atoms with Crippen molar-refractivity contribution in [2.45, 2.75) is 9.79 Å². The molecule has 0 saturated carbocycles. The third-order valence-corrected chi connectivity index (χ3v) is 4.81. The summed E-state index contributed by atoms with van der Waals surface area (Å²) in [6.45, 7) is 0. The molecule has 24 heavy (non-hydrogen) atoms. The number of aromatic hydroxyl groups is 2. The Hall–Kier alpha value is -2.40. The van der Waals surface area contributed by atoms with Gasteiger partial charge in [-0.25, -0.2) is 0 Å². The normalized spacial score (nSPS) is 12.6. The Morgan fingerprint density at radius 3 is 1.29 bits per heavy atom. The first kappa shape index (κ1) is 17.9. The van der Waals surface area contributed by atoms with Gasteiger partial charge in [-0.3, -0.25) is 9.11 Å².